The third-order valence-corrected chi connectivity index (χ3v) is 8.45. The highest BCUT2D eigenvalue weighted by Crippen LogP contribution is 2.44. The van der Waals surface area contributed by atoms with Gasteiger partial charge in [-0.1, -0.05) is 21.6 Å². The highest BCUT2D eigenvalue weighted by atomic mass is 33.1. The average Bonchev–Trinajstić information content (AvgIpc) is 2.43. The maximum Gasteiger partial charge on any atom is 0.0334 e. The largest absolute Gasteiger partial charge is 0.308 e. The Balaban J connectivity index is 2.76. The van der Waals surface area contributed by atoms with Crippen LogP contribution in [-0.4, -0.2) is 110 Å². The van der Waals surface area contributed by atoms with Crippen LogP contribution in [0.25, 0.3) is 0 Å². The zero-order valence-corrected chi connectivity index (χ0v) is 18.9. The molecule has 24 heavy (non-hydrogen) atoms. The lowest BCUT2D eigenvalue weighted by Crippen LogP contribution is -2.43. The molecule has 0 spiro atoms. The van der Waals surface area contributed by atoms with Crippen LogP contribution in [0, 0.1) is 0 Å². The first-order valence-electron chi connectivity index (χ1n) is 9.10. The van der Waals surface area contributed by atoms with E-state index in [0.29, 0.717) is 0 Å². The van der Waals surface area contributed by atoms with Crippen molar-refractivity contribution in [2.75, 3.05) is 80.5 Å². The molecule has 0 atom stereocenters. The van der Waals surface area contributed by atoms with Gasteiger partial charge >= 0.3 is 0 Å². The summed E-state index contributed by atoms with van der Waals surface area (Å²) in [6.45, 7) is 18.7. The normalized spacial score (nSPS) is 25.9. The minimum absolute atomic E-state index is 0.276. The molecule has 0 saturated carbocycles. The zero-order chi connectivity index (χ0) is 18.4. The summed E-state index contributed by atoms with van der Waals surface area (Å²) >= 11 is 0. The summed E-state index contributed by atoms with van der Waals surface area (Å²) in [5.41, 5.74) is 0. The molecule has 1 aliphatic rings. The summed E-state index contributed by atoms with van der Waals surface area (Å²) in [4.78, 5) is 9.93. The molecule has 144 valence electrons. The van der Waals surface area contributed by atoms with Crippen molar-refractivity contribution in [1.29, 1.82) is 0 Å². The van der Waals surface area contributed by atoms with Crippen LogP contribution < -0.4 is 0 Å². The maximum absolute atomic E-state index is 2.63. The van der Waals surface area contributed by atoms with Crippen LogP contribution in [0.3, 0.4) is 0 Å². The Bertz CT molecular complexity index is 333. The van der Waals surface area contributed by atoms with Crippen molar-refractivity contribution < 1.29 is 0 Å². The number of nitrogens with zero attached hydrogens (tertiary/aromatic N) is 4. The molecule has 1 aliphatic heterocycles. The highest BCUT2D eigenvalue weighted by Gasteiger charge is 2.28. The predicted molar refractivity (Wildman–Crippen MR) is 113 cm³/mol. The lowest BCUT2D eigenvalue weighted by molar-refractivity contribution is 0.180. The number of rotatable bonds is 3. The lowest BCUT2D eigenvalue weighted by atomic mass is 10.2. The Hall–Kier alpha value is 0.540. The fourth-order valence-corrected chi connectivity index (χ4v) is 5.70. The molecule has 0 aliphatic carbocycles. The van der Waals surface area contributed by atoms with E-state index in [-0.39, 0.29) is 9.49 Å². The molecule has 1 saturated heterocycles. The molecule has 0 aromatic rings. The second-order valence-electron chi connectivity index (χ2n) is 8.81. The van der Waals surface area contributed by atoms with Gasteiger partial charge in [0.1, 0.15) is 0 Å². The molecule has 0 amide bonds. The van der Waals surface area contributed by atoms with E-state index in [1.165, 1.54) is 0 Å². The fourth-order valence-electron chi connectivity index (χ4n) is 3.04. The fraction of sp³-hybridized carbons (Fsp3) is 1.00. The molecule has 0 radical (unpaired) electrons. The van der Waals surface area contributed by atoms with E-state index in [9.17, 15) is 0 Å². The summed E-state index contributed by atoms with van der Waals surface area (Å²) in [5, 5.41) is 0. The van der Waals surface area contributed by atoms with Crippen molar-refractivity contribution in [2.24, 2.45) is 0 Å². The summed E-state index contributed by atoms with van der Waals surface area (Å²) < 4.78 is 0.551. The van der Waals surface area contributed by atoms with Crippen LogP contribution in [0.1, 0.15) is 27.7 Å². The van der Waals surface area contributed by atoms with E-state index < -0.39 is 0 Å². The van der Waals surface area contributed by atoms with Crippen molar-refractivity contribution in [2.45, 2.75) is 37.2 Å². The maximum atomic E-state index is 2.63. The summed E-state index contributed by atoms with van der Waals surface area (Å²) in [6.07, 6.45) is 0. The summed E-state index contributed by atoms with van der Waals surface area (Å²) in [7, 11) is 13.0. The standard InChI is InChI=1S/C18H40N4S2/c1-17(2)15-20(7)10-13-22(12-9-19(5)6)14-11-21(8)16-18(3,4)24-23-17/h9-16H2,1-8H3. The van der Waals surface area contributed by atoms with E-state index in [1.54, 1.807) is 0 Å². The molecule has 0 bridgehead atoms. The Morgan fingerprint density at radius 3 is 1.58 bits per heavy atom. The van der Waals surface area contributed by atoms with E-state index in [2.05, 4.69) is 97.1 Å². The van der Waals surface area contributed by atoms with Crippen molar-refractivity contribution in [1.82, 2.24) is 19.6 Å². The van der Waals surface area contributed by atoms with Gasteiger partial charge in [0.2, 0.25) is 0 Å². The van der Waals surface area contributed by atoms with Crippen LogP contribution >= 0.6 is 21.6 Å². The van der Waals surface area contributed by atoms with Crippen LogP contribution in [0.2, 0.25) is 0 Å². The molecule has 1 rings (SSSR count). The Labute approximate surface area is 159 Å². The first-order chi connectivity index (χ1) is 11.0. The van der Waals surface area contributed by atoms with Gasteiger partial charge < -0.3 is 14.7 Å². The number of hydrogen-bond acceptors (Lipinski definition) is 6. The third kappa shape index (κ3) is 9.88. The summed E-state index contributed by atoms with van der Waals surface area (Å²) in [6, 6.07) is 0. The molecule has 0 unspecified atom stereocenters. The van der Waals surface area contributed by atoms with E-state index in [1.807, 2.05) is 0 Å². The molecule has 6 heteroatoms. The van der Waals surface area contributed by atoms with Crippen molar-refractivity contribution in [3.8, 4) is 0 Å². The Kier molecular flexibility index (Phi) is 9.43. The second-order valence-corrected chi connectivity index (χ2v) is 12.4. The molecular formula is C18H40N4S2. The minimum Gasteiger partial charge on any atom is -0.308 e. The quantitative estimate of drug-likeness (QED) is 0.697. The van der Waals surface area contributed by atoms with E-state index in [4.69, 9.17) is 0 Å². The van der Waals surface area contributed by atoms with Crippen LogP contribution in [0.5, 0.6) is 0 Å². The van der Waals surface area contributed by atoms with Gasteiger partial charge in [-0.2, -0.15) is 0 Å². The third-order valence-electron chi connectivity index (χ3n) is 4.25. The van der Waals surface area contributed by atoms with E-state index >= 15 is 0 Å². The van der Waals surface area contributed by atoms with Crippen LogP contribution in [0.15, 0.2) is 0 Å². The first-order valence-corrected chi connectivity index (χ1v) is 11.3. The lowest BCUT2D eigenvalue weighted by Gasteiger charge is -2.34. The average molecular weight is 377 g/mol. The predicted octanol–water partition coefficient (Wildman–Crippen LogP) is 2.67. The SMILES string of the molecule is CN(C)CCN1CCN(C)CC(C)(C)SSC(C)(C)CN(C)CC1. The van der Waals surface area contributed by atoms with Crippen LogP contribution in [0.4, 0.5) is 0 Å². The monoisotopic (exact) mass is 376 g/mol. The van der Waals surface area contributed by atoms with Gasteiger partial charge in [-0.3, -0.25) is 4.90 Å². The molecule has 0 N–H and O–H groups in total. The van der Waals surface area contributed by atoms with Crippen molar-refractivity contribution in [3.63, 3.8) is 0 Å². The Morgan fingerprint density at radius 2 is 1.21 bits per heavy atom. The van der Waals surface area contributed by atoms with Crippen molar-refractivity contribution in [3.05, 3.63) is 0 Å². The van der Waals surface area contributed by atoms with Gasteiger partial charge in [0.25, 0.3) is 0 Å². The van der Waals surface area contributed by atoms with Gasteiger partial charge in [0.05, 0.1) is 0 Å². The Morgan fingerprint density at radius 1 is 0.792 bits per heavy atom. The smallest absolute Gasteiger partial charge is 0.0334 e. The van der Waals surface area contributed by atoms with Gasteiger partial charge in [-0.15, -0.1) is 0 Å². The zero-order valence-electron chi connectivity index (χ0n) is 17.3. The van der Waals surface area contributed by atoms with Gasteiger partial charge in [-0.25, -0.2) is 0 Å². The molecule has 0 aromatic heterocycles. The highest BCUT2D eigenvalue weighted by molar-refractivity contribution is 8.77. The molecule has 1 fully saturated rings. The molecule has 0 aromatic carbocycles. The molecular weight excluding hydrogens is 336 g/mol. The minimum atomic E-state index is 0.276. The van der Waals surface area contributed by atoms with Gasteiger partial charge in [0, 0.05) is 61.9 Å². The number of likely N-dealkylation sites (N-methyl/N-ethyl adjacent to an activating group) is 3. The first kappa shape index (κ1) is 22.6. The van der Waals surface area contributed by atoms with Gasteiger partial charge in [-0.05, 0) is 55.9 Å². The van der Waals surface area contributed by atoms with Gasteiger partial charge in [0.15, 0.2) is 0 Å². The number of hydrogen-bond donors (Lipinski definition) is 0. The van der Waals surface area contributed by atoms with Crippen molar-refractivity contribution >= 4 is 21.6 Å². The topological polar surface area (TPSA) is 13.0 Å². The summed E-state index contributed by atoms with van der Waals surface area (Å²) in [5.74, 6) is 0. The van der Waals surface area contributed by atoms with E-state index in [0.717, 1.165) is 52.4 Å². The molecule has 1 heterocycles. The van der Waals surface area contributed by atoms with Crippen LogP contribution in [-0.2, 0) is 0 Å². The second kappa shape index (κ2) is 10.0. The molecule has 4 nitrogen and oxygen atoms in total.